The molecule has 3 aromatic rings. The Hall–Kier alpha value is -2.99. The third kappa shape index (κ3) is 4.06. The number of pyridine rings is 1. The van der Waals surface area contributed by atoms with Crippen molar-refractivity contribution in [3.05, 3.63) is 72.2 Å². The Bertz CT molecular complexity index is 873. The second-order valence-corrected chi connectivity index (χ2v) is 6.70. The number of rotatable bonds is 6. The minimum atomic E-state index is -0.318. The lowest BCUT2D eigenvalue weighted by Gasteiger charge is -2.26. The smallest absolute Gasteiger partial charge is 0.242 e. The largest absolute Gasteiger partial charge is 0.356 e. The Morgan fingerprint density at radius 3 is 2.70 bits per heavy atom. The number of carbonyl (C=O) groups is 1. The summed E-state index contributed by atoms with van der Waals surface area (Å²) in [5.74, 6) is 0.664. The normalized spacial score (nSPS) is 15.6. The third-order valence-electron chi connectivity index (χ3n) is 4.82. The summed E-state index contributed by atoms with van der Waals surface area (Å²) in [7, 11) is 0. The summed E-state index contributed by atoms with van der Waals surface area (Å²) in [6.07, 6.45) is 5.73. The van der Waals surface area contributed by atoms with Crippen LogP contribution < -0.4 is 5.32 Å². The van der Waals surface area contributed by atoms with Crippen molar-refractivity contribution in [3.8, 4) is 11.3 Å². The first-order valence-electron chi connectivity index (χ1n) is 9.24. The van der Waals surface area contributed by atoms with E-state index in [2.05, 4.69) is 20.4 Å². The van der Waals surface area contributed by atoms with Crippen molar-refractivity contribution in [3.63, 3.8) is 0 Å². The van der Waals surface area contributed by atoms with Crippen LogP contribution in [0.3, 0.4) is 0 Å². The average Bonchev–Trinajstić information content (AvgIpc) is 3.41. The van der Waals surface area contributed by atoms with Gasteiger partial charge in [-0.25, -0.2) is 0 Å². The van der Waals surface area contributed by atoms with E-state index in [4.69, 9.17) is 4.52 Å². The lowest BCUT2D eigenvalue weighted by atomic mass is 10.1. The van der Waals surface area contributed by atoms with Crippen LogP contribution in [0.25, 0.3) is 11.3 Å². The quantitative estimate of drug-likeness (QED) is 0.729. The monoisotopic (exact) mass is 362 g/mol. The molecule has 0 saturated carbocycles. The molecule has 0 spiro atoms. The highest BCUT2D eigenvalue weighted by molar-refractivity contribution is 5.83. The molecule has 1 aromatic carbocycles. The van der Waals surface area contributed by atoms with Gasteiger partial charge in [0, 0.05) is 24.0 Å². The van der Waals surface area contributed by atoms with Gasteiger partial charge < -0.3 is 9.84 Å². The van der Waals surface area contributed by atoms with E-state index in [9.17, 15) is 4.79 Å². The van der Waals surface area contributed by atoms with Crippen LogP contribution in [0.1, 0.15) is 30.1 Å². The molecule has 1 unspecified atom stereocenters. The molecule has 1 fully saturated rings. The van der Waals surface area contributed by atoms with E-state index in [-0.39, 0.29) is 11.9 Å². The number of hydrogen-bond donors (Lipinski definition) is 1. The Morgan fingerprint density at radius 2 is 1.96 bits per heavy atom. The van der Waals surface area contributed by atoms with Crippen LogP contribution in [0.2, 0.25) is 0 Å². The predicted octanol–water partition coefficient (Wildman–Crippen LogP) is 3.19. The van der Waals surface area contributed by atoms with Gasteiger partial charge in [-0.05, 0) is 37.6 Å². The van der Waals surface area contributed by atoms with Crippen molar-refractivity contribution in [2.75, 3.05) is 13.1 Å². The zero-order valence-electron chi connectivity index (χ0n) is 15.0. The zero-order chi connectivity index (χ0) is 18.5. The Kier molecular flexibility index (Phi) is 5.25. The fourth-order valence-electron chi connectivity index (χ4n) is 3.47. The van der Waals surface area contributed by atoms with Crippen molar-refractivity contribution >= 4 is 5.91 Å². The van der Waals surface area contributed by atoms with Gasteiger partial charge in [-0.3, -0.25) is 14.7 Å². The number of amides is 1. The van der Waals surface area contributed by atoms with Crippen molar-refractivity contribution in [1.29, 1.82) is 0 Å². The molecule has 0 radical (unpaired) electrons. The third-order valence-corrected chi connectivity index (χ3v) is 4.82. The van der Waals surface area contributed by atoms with Gasteiger partial charge in [0.15, 0.2) is 5.76 Å². The molecule has 2 aromatic heterocycles. The molecule has 1 aliphatic rings. The highest BCUT2D eigenvalue weighted by Crippen LogP contribution is 2.25. The second-order valence-electron chi connectivity index (χ2n) is 6.70. The summed E-state index contributed by atoms with van der Waals surface area (Å²) < 4.78 is 5.41. The van der Waals surface area contributed by atoms with Gasteiger partial charge in [-0.1, -0.05) is 41.6 Å². The number of hydrogen-bond acceptors (Lipinski definition) is 5. The summed E-state index contributed by atoms with van der Waals surface area (Å²) in [5, 5.41) is 7.09. The molecule has 0 bridgehead atoms. The van der Waals surface area contributed by atoms with Gasteiger partial charge in [0.1, 0.15) is 11.7 Å². The van der Waals surface area contributed by atoms with Gasteiger partial charge in [0.25, 0.3) is 0 Å². The number of nitrogens with zero attached hydrogens (tertiary/aromatic N) is 3. The van der Waals surface area contributed by atoms with E-state index in [1.165, 1.54) is 0 Å². The first-order chi connectivity index (χ1) is 13.3. The van der Waals surface area contributed by atoms with Gasteiger partial charge in [-0.15, -0.1) is 0 Å². The molecule has 6 nitrogen and oxygen atoms in total. The molecule has 1 atom stereocenters. The number of likely N-dealkylation sites (tertiary alicyclic amines) is 1. The zero-order valence-corrected chi connectivity index (χ0v) is 15.0. The number of carbonyl (C=O) groups excluding carboxylic acids is 1. The molecule has 1 amide bonds. The lowest BCUT2D eigenvalue weighted by Crippen LogP contribution is -2.39. The molecule has 138 valence electrons. The minimum Gasteiger partial charge on any atom is -0.356 e. The van der Waals surface area contributed by atoms with Crippen molar-refractivity contribution in [2.24, 2.45) is 0 Å². The number of nitrogens with one attached hydrogen (secondary N) is 1. The summed E-state index contributed by atoms with van der Waals surface area (Å²) >= 11 is 0. The highest BCUT2D eigenvalue weighted by Gasteiger charge is 2.29. The van der Waals surface area contributed by atoms with Crippen molar-refractivity contribution in [2.45, 2.75) is 25.4 Å². The topological polar surface area (TPSA) is 71.3 Å². The van der Waals surface area contributed by atoms with Gasteiger partial charge >= 0.3 is 0 Å². The maximum Gasteiger partial charge on any atom is 0.242 e. The molecule has 1 aliphatic heterocycles. The molecule has 3 heterocycles. The summed E-state index contributed by atoms with van der Waals surface area (Å²) in [6.45, 7) is 2.18. The first-order valence-corrected chi connectivity index (χ1v) is 9.24. The maximum atomic E-state index is 12.9. The minimum absolute atomic E-state index is 0.0332. The van der Waals surface area contributed by atoms with Crippen LogP contribution in [0, 0.1) is 0 Å². The maximum absolute atomic E-state index is 12.9. The van der Waals surface area contributed by atoms with Crippen LogP contribution in [-0.4, -0.2) is 34.0 Å². The molecule has 1 N–H and O–H groups in total. The predicted molar refractivity (Wildman–Crippen MR) is 102 cm³/mol. The van der Waals surface area contributed by atoms with Crippen LogP contribution in [-0.2, 0) is 11.3 Å². The van der Waals surface area contributed by atoms with Crippen molar-refractivity contribution < 1.29 is 9.32 Å². The molecule has 6 heteroatoms. The standard InChI is InChI=1S/C21H22N4O2/c26-21(20(25-11-4-5-12-25)17-9-6-10-22-14-17)23-15-18-13-19(27-24-18)16-7-2-1-3-8-16/h1-3,6-10,13-14,20H,4-5,11-12,15H2,(H,23,26). The Morgan fingerprint density at radius 1 is 1.15 bits per heavy atom. The fourth-order valence-corrected chi connectivity index (χ4v) is 3.47. The van der Waals surface area contributed by atoms with Crippen molar-refractivity contribution in [1.82, 2.24) is 20.4 Å². The Balaban J connectivity index is 1.45. The summed E-state index contributed by atoms with van der Waals surface area (Å²) in [5.41, 5.74) is 2.59. The molecule has 0 aliphatic carbocycles. The summed E-state index contributed by atoms with van der Waals surface area (Å²) in [4.78, 5) is 19.3. The summed E-state index contributed by atoms with van der Waals surface area (Å²) in [6, 6.07) is 15.2. The molecule has 4 rings (SSSR count). The fraction of sp³-hybridized carbons (Fsp3) is 0.286. The van der Waals surface area contributed by atoms with E-state index in [1.54, 1.807) is 12.4 Å². The first kappa shape index (κ1) is 17.4. The molecular formula is C21H22N4O2. The average molecular weight is 362 g/mol. The van der Waals surface area contributed by atoms with Gasteiger partial charge in [0.05, 0.1) is 6.54 Å². The van der Waals surface area contributed by atoms with E-state index in [0.29, 0.717) is 18.0 Å². The number of benzene rings is 1. The van der Waals surface area contributed by atoms with Crippen LogP contribution >= 0.6 is 0 Å². The van der Waals surface area contributed by atoms with Gasteiger partial charge in [0.2, 0.25) is 5.91 Å². The SMILES string of the molecule is O=C(NCc1cc(-c2ccccc2)on1)C(c1cccnc1)N1CCCC1. The molecule has 27 heavy (non-hydrogen) atoms. The van der Waals surface area contributed by atoms with E-state index in [1.807, 2.05) is 48.5 Å². The second kappa shape index (κ2) is 8.14. The molecule has 1 saturated heterocycles. The number of aromatic nitrogens is 2. The van der Waals surface area contributed by atoms with E-state index >= 15 is 0 Å². The van der Waals surface area contributed by atoms with E-state index < -0.39 is 0 Å². The van der Waals surface area contributed by atoms with Crippen LogP contribution in [0.15, 0.2) is 65.4 Å². The molecular weight excluding hydrogens is 340 g/mol. The van der Waals surface area contributed by atoms with E-state index in [0.717, 1.165) is 37.1 Å². The highest BCUT2D eigenvalue weighted by atomic mass is 16.5. The Labute approximate surface area is 158 Å². The van der Waals surface area contributed by atoms with Crippen LogP contribution in [0.4, 0.5) is 0 Å². The van der Waals surface area contributed by atoms with Gasteiger partial charge in [-0.2, -0.15) is 0 Å². The van der Waals surface area contributed by atoms with Crippen LogP contribution in [0.5, 0.6) is 0 Å². The lowest BCUT2D eigenvalue weighted by molar-refractivity contribution is -0.126.